The number of amides is 2. The van der Waals surface area contributed by atoms with E-state index in [1.165, 1.54) is 32.2 Å². The van der Waals surface area contributed by atoms with Crippen LogP contribution >= 0.6 is 0 Å². The number of nitrogens with zero attached hydrogens (tertiary/aromatic N) is 1. The summed E-state index contributed by atoms with van der Waals surface area (Å²) in [6, 6.07) is 3.81. The molecule has 138 valence electrons. The van der Waals surface area contributed by atoms with E-state index >= 15 is 0 Å². The van der Waals surface area contributed by atoms with Crippen LogP contribution < -0.4 is 5.32 Å². The van der Waals surface area contributed by atoms with Crippen molar-refractivity contribution in [1.82, 2.24) is 10.2 Å². The Balaban J connectivity index is 2.11. The van der Waals surface area contributed by atoms with E-state index in [0.717, 1.165) is 23.8 Å². The maximum Gasteiger partial charge on any atom is 0.416 e. The Kier molecular flexibility index (Phi) is 5.72. The summed E-state index contributed by atoms with van der Waals surface area (Å²) in [5.41, 5.74) is -0.867. The molecule has 1 aliphatic carbocycles. The molecule has 8 heteroatoms. The number of hydrogen-bond donors (Lipinski definition) is 2. The summed E-state index contributed by atoms with van der Waals surface area (Å²) in [7, 11) is 1.34. The SMILES string of the molecule is C[C@H](O)[C@@H](NC(=O)C1CC1)C(=O)N(C)Cc1ccccc1C(F)(F)F. The average molecular weight is 358 g/mol. The topological polar surface area (TPSA) is 69.6 Å². The lowest BCUT2D eigenvalue weighted by Crippen LogP contribution is -2.53. The van der Waals surface area contributed by atoms with E-state index < -0.39 is 29.8 Å². The summed E-state index contributed by atoms with van der Waals surface area (Å²) in [5.74, 6) is -1.10. The summed E-state index contributed by atoms with van der Waals surface area (Å²) >= 11 is 0. The van der Waals surface area contributed by atoms with Crippen molar-refractivity contribution in [3.8, 4) is 0 Å². The van der Waals surface area contributed by atoms with Crippen molar-refractivity contribution in [3.05, 3.63) is 35.4 Å². The van der Waals surface area contributed by atoms with E-state index in [1.54, 1.807) is 0 Å². The third-order valence-corrected chi connectivity index (χ3v) is 4.10. The second kappa shape index (κ2) is 7.43. The molecular formula is C17H21F3N2O3. The first-order chi connectivity index (χ1) is 11.6. The Labute approximate surface area is 143 Å². The first-order valence-corrected chi connectivity index (χ1v) is 7.99. The third kappa shape index (κ3) is 4.94. The molecule has 1 aromatic rings. The van der Waals surface area contributed by atoms with Crippen molar-refractivity contribution >= 4 is 11.8 Å². The number of carbonyl (C=O) groups is 2. The lowest BCUT2D eigenvalue weighted by molar-refractivity contribution is -0.141. The zero-order valence-electron chi connectivity index (χ0n) is 14.0. The maximum absolute atomic E-state index is 13.1. The first kappa shape index (κ1) is 19.2. The summed E-state index contributed by atoms with van der Waals surface area (Å²) in [6.07, 6.45) is -4.21. The van der Waals surface area contributed by atoms with Gasteiger partial charge in [-0.15, -0.1) is 0 Å². The molecule has 5 nitrogen and oxygen atoms in total. The molecule has 1 aliphatic rings. The molecule has 0 unspecified atom stereocenters. The molecule has 2 N–H and O–H groups in total. The third-order valence-electron chi connectivity index (χ3n) is 4.10. The zero-order chi connectivity index (χ0) is 18.8. The Morgan fingerprint density at radius 2 is 1.92 bits per heavy atom. The molecule has 2 amide bonds. The smallest absolute Gasteiger partial charge is 0.391 e. The highest BCUT2D eigenvalue weighted by Gasteiger charge is 2.36. The molecular weight excluding hydrogens is 337 g/mol. The number of nitrogens with one attached hydrogen (secondary N) is 1. The standard InChI is InChI=1S/C17H21F3N2O3/c1-10(23)14(21-15(24)11-7-8-11)16(25)22(2)9-12-5-3-4-6-13(12)17(18,19)20/h3-6,10-11,14,23H,7-9H2,1-2H3,(H,21,24)/t10-,14+/m0/s1. The van der Waals surface area contributed by atoms with Crippen LogP contribution in [0.5, 0.6) is 0 Å². The van der Waals surface area contributed by atoms with Gasteiger partial charge in [0.05, 0.1) is 11.7 Å². The fraction of sp³-hybridized carbons (Fsp3) is 0.529. The monoisotopic (exact) mass is 358 g/mol. The van der Waals surface area contributed by atoms with Gasteiger partial charge < -0.3 is 15.3 Å². The van der Waals surface area contributed by atoms with E-state index in [0.29, 0.717) is 0 Å². The second-order valence-corrected chi connectivity index (χ2v) is 6.35. The zero-order valence-corrected chi connectivity index (χ0v) is 14.0. The van der Waals surface area contributed by atoms with Gasteiger partial charge in [0.1, 0.15) is 6.04 Å². The quantitative estimate of drug-likeness (QED) is 0.817. The van der Waals surface area contributed by atoms with Crippen molar-refractivity contribution in [1.29, 1.82) is 0 Å². The Morgan fingerprint density at radius 3 is 2.44 bits per heavy atom. The number of hydrogen-bond acceptors (Lipinski definition) is 3. The fourth-order valence-electron chi connectivity index (χ4n) is 2.51. The van der Waals surface area contributed by atoms with E-state index in [2.05, 4.69) is 5.32 Å². The van der Waals surface area contributed by atoms with Gasteiger partial charge in [0.15, 0.2) is 0 Å². The molecule has 0 heterocycles. The van der Waals surface area contributed by atoms with Gasteiger partial charge in [0.2, 0.25) is 11.8 Å². The number of halogens is 3. The summed E-state index contributed by atoms with van der Waals surface area (Å²) < 4.78 is 39.2. The van der Waals surface area contributed by atoms with E-state index in [1.807, 2.05) is 0 Å². The maximum atomic E-state index is 13.1. The van der Waals surface area contributed by atoms with Crippen molar-refractivity contribution in [3.63, 3.8) is 0 Å². The van der Waals surface area contributed by atoms with E-state index in [-0.39, 0.29) is 23.9 Å². The van der Waals surface area contributed by atoms with Crippen LogP contribution in [0.25, 0.3) is 0 Å². The molecule has 1 aromatic carbocycles. The largest absolute Gasteiger partial charge is 0.416 e. The van der Waals surface area contributed by atoms with Crippen LogP contribution in [-0.2, 0) is 22.3 Å². The van der Waals surface area contributed by atoms with Gasteiger partial charge in [0, 0.05) is 19.5 Å². The minimum absolute atomic E-state index is 0.0521. The van der Waals surface area contributed by atoms with Crippen molar-refractivity contribution < 1.29 is 27.9 Å². The van der Waals surface area contributed by atoms with Gasteiger partial charge in [0.25, 0.3) is 0 Å². The van der Waals surface area contributed by atoms with Crippen LogP contribution in [0.3, 0.4) is 0 Å². The molecule has 0 bridgehead atoms. The Hall–Kier alpha value is -2.09. The molecule has 1 fully saturated rings. The van der Waals surface area contributed by atoms with Crippen LogP contribution in [0.1, 0.15) is 30.9 Å². The number of alkyl halides is 3. The number of benzene rings is 1. The molecule has 25 heavy (non-hydrogen) atoms. The van der Waals surface area contributed by atoms with Crippen LogP contribution in [0.15, 0.2) is 24.3 Å². The van der Waals surface area contributed by atoms with Gasteiger partial charge in [-0.2, -0.15) is 13.2 Å². The minimum atomic E-state index is -4.52. The molecule has 1 saturated carbocycles. The number of likely N-dealkylation sites (N-methyl/N-ethyl adjacent to an activating group) is 1. The van der Waals surface area contributed by atoms with Crippen molar-refractivity contribution in [2.45, 2.75) is 44.6 Å². The van der Waals surface area contributed by atoms with Crippen LogP contribution in [0.4, 0.5) is 13.2 Å². The predicted octanol–water partition coefficient (Wildman–Crippen LogP) is 1.94. The van der Waals surface area contributed by atoms with Crippen LogP contribution in [0, 0.1) is 5.92 Å². The molecule has 2 rings (SSSR count). The molecule has 2 atom stereocenters. The number of aliphatic hydroxyl groups is 1. The average Bonchev–Trinajstić information content (AvgIpc) is 3.35. The van der Waals surface area contributed by atoms with Crippen LogP contribution in [0.2, 0.25) is 0 Å². The van der Waals surface area contributed by atoms with Gasteiger partial charge in [-0.1, -0.05) is 18.2 Å². The number of carbonyl (C=O) groups excluding carboxylic acids is 2. The summed E-state index contributed by atoms with van der Waals surface area (Å²) in [6.45, 7) is 1.07. The fourth-order valence-corrected chi connectivity index (χ4v) is 2.51. The Morgan fingerprint density at radius 1 is 1.32 bits per heavy atom. The normalized spacial score (nSPS) is 16.9. The van der Waals surface area contributed by atoms with Gasteiger partial charge in [-0.3, -0.25) is 9.59 Å². The van der Waals surface area contributed by atoms with Crippen LogP contribution in [-0.4, -0.2) is 41.0 Å². The highest BCUT2D eigenvalue weighted by atomic mass is 19.4. The number of rotatable bonds is 6. The summed E-state index contributed by atoms with van der Waals surface area (Å²) in [4.78, 5) is 25.4. The number of aliphatic hydroxyl groups excluding tert-OH is 1. The Bertz CT molecular complexity index is 642. The molecule has 0 aliphatic heterocycles. The first-order valence-electron chi connectivity index (χ1n) is 7.99. The highest BCUT2D eigenvalue weighted by Crippen LogP contribution is 2.32. The van der Waals surface area contributed by atoms with Gasteiger partial charge >= 0.3 is 6.18 Å². The highest BCUT2D eigenvalue weighted by molar-refractivity contribution is 5.89. The lowest BCUT2D eigenvalue weighted by Gasteiger charge is -2.27. The van der Waals surface area contributed by atoms with E-state index in [9.17, 15) is 27.9 Å². The van der Waals surface area contributed by atoms with Crippen molar-refractivity contribution in [2.24, 2.45) is 5.92 Å². The van der Waals surface area contributed by atoms with Gasteiger partial charge in [-0.05, 0) is 31.4 Å². The van der Waals surface area contributed by atoms with E-state index in [4.69, 9.17) is 0 Å². The van der Waals surface area contributed by atoms with Gasteiger partial charge in [-0.25, -0.2) is 0 Å². The predicted molar refractivity (Wildman–Crippen MR) is 84.3 cm³/mol. The molecule has 0 saturated heterocycles. The molecule has 0 aromatic heterocycles. The van der Waals surface area contributed by atoms with Crippen molar-refractivity contribution in [2.75, 3.05) is 7.05 Å². The lowest BCUT2D eigenvalue weighted by atomic mass is 10.1. The minimum Gasteiger partial charge on any atom is -0.391 e. The molecule has 0 radical (unpaired) electrons. The second-order valence-electron chi connectivity index (χ2n) is 6.35. The molecule has 0 spiro atoms. The summed E-state index contributed by atoms with van der Waals surface area (Å²) in [5, 5.41) is 12.3.